The quantitative estimate of drug-likeness (QED) is 0.623. The van der Waals surface area contributed by atoms with E-state index in [-0.39, 0.29) is 28.9 Å². The van der Waals surface area contributed by atoms with Crippen molar-refractivity contribution in [2.45, 2.75) is 25.4 Å². The molecule has 3 heterocycles. The van der Waals surface area contributed by atoms with Gasteiger partial charge in [0, 0.05) is 12.0 Å². The molecule has 1 fully saturated rings. The van der Waals surface area contributed by atoms with Gasteiger partial charge in [-0.05, 0) is 12.8 Å². The Morgan fingerprint density at radius 1 is 1.07 bits per heavy atom. The number of anilines is 3. The van der Waals surface area contributed by atoms with Gasteiger partial charge in [0.1, 0.15) is 12.1 Å². The molecule has 0 aliphatic heterocycles. The van der Waals surface area contributed by atoms with Gasteiger partial charge in [0.15, 0.2) is 11.5 Å². The Balaban J connectivity index is 1.60. The molecule has 0 bridgehead atoms. The number of carbonyl (C=O) groups excluding carboxylic acids is 1. The number of hydrogen-bond donors (Lipinski definition) is 2. The lowest BCUT2D eigenvalue weighted by Crippen LogP contribution is -2.18. The maximum absolute atomic E-state index is 12.9. The molecule has 9 nitrogen and oxygen atoms in total. The van der Waals surface area contributed by atoms with Crippen molar-refractivity contribution in [2.24, 2.45) is 0 Å². The van der Waals surface area contributed by atoms with E-state index in [0.717, 1.165) is 24.7 Å². The fraction of sp³-hybridized carbons (Fsp3) is 0.222. The van der Waals surface area contributed by atoms with Gasteiger partial charge in [-0.2, -0.15) is 8.78 Å². The highest BCUT2D eigenvalue weighted by atomic mass is 19.3. The molecule has 1 amide bonds. The zero-order chi connectivity index (χ0) is 20.2. The number of ether oxygens (including phenoxy) is 1. The first-order chi connectivity index (χ1) is 14.1. The van der Waals surface area contributed by atoms with Crippen molar-refractivity contribution < 1.29 is 18.3 Å². The van der Waals surface area contributed by atoms with Crippen LogP contribution in [0, 0.1) is 0 Å². The average molecular weight is 399 g/mol. The van der Waals surface area contributed by atoms with Crippen molar-refractivity contribution in [3.63, 3.8) is 0 Å². The van der Waals surface area contributed by atoms with Gasteiger partial charge < -0.3 is 15.4 Å². The normalized spacial score (nSPS) is 13.2. The third kappa shape index (κ3) is 4.75. The molecule has 4 rings (SSSR count). The van der Waals surface area contributed by atoms with Crippen LogP contribution < -0.4 is 15.4 Å². The number of nitrogens with zero attached hydrogens (tertiary/aromatic N) is 5. The molecule has 29 heavy (non-hydrogen) atoms. The topological polar surface area (TPSA) is 115 Å². The second-order valence-electron chi connectivity index (χ2n) is 6.26. The lowest BCUT2D eigenvalue weighted by molar-refractivity contribution is -0.0500. The third-order valence-electron chi connectivity index (χ3n) is 4.02. The Morgan fingerprint density at radius 3 is 2.55 bits per heavy atom. The van der Waals surface area contributed by atoms with Gasteiger partial charge in [-0.25, -0.2) is 19.9 Å². The molecule has 0 aromatic carbocycles. The maximum atomic E-state index is 12.9. The Morgan fingerprint density at radius 2 is 1.83 bits per heavy atom. The average Bonchev–Trinajstić information content (AvgIpc) is 3.54. The van der Waals surface area contributed by atoms with Crippen LogP contribution in [0.5, 0.6) is 5.75 Å². The summed E-state index contributed by atoms with van der Waals surface area (Å²) in [6.07, 6.45) is 10.5. The largest absolute Gasteiger partial charge is 0.433 e. The van der Waals surface area contributed by atoms with Crippen molar-refractivity contribution in [1.29, 1.82) is 0 Å². The van der Waals surface area contributed by atoms with Crippen molar-refractivity contribution >= 4 is 23.1 Å². The standard InChI is InChI=1S/C18H15F2N7O2/c19-18(20)29-13-3-11(4-21-7-13)26-17(28)15-16(25-12-5-22-9-23-6-12)24-8-14(27-15)10-1-2-10/h3-10,18H,1-2H2,(H,24,25)(H,26,28). The van der Waals surface area contributed by atoms with Crippen molar-refractivity contribution in [1.82, 2.24) is 24.9 Å². The molecule has 0 spiro atoms. The molecule has 0 unspecified atom stereocenters. The van der Waals surface area contributed by atoms with Crippen LogP contribution in [-0.4, -0.2) is 37.4 Å². The SMILES string of the molecule is O=C(Nc1cncc(OC(F)F)c1)c1nc(C2CC2)cnc1Nc1cncnc1. The van der Waals surface area contributed by atoms with Crippen molar-refractivity contribution in [3.05, 3.63) is 54.8 Å². The van der Waals surface area contributed by atoms with Crippen LogP contribution in [0.4, 0.5) is 26.0 Å². The molecule has 3 aromatic heterocycles. The van der Waals surface area contributed by atoms with Crippen molar-refractivity contribution in [3.8, 4) is 5.75 Å². The van der Waals surface area contributed by atoms with E-state index in [2.05, 4.69) is 40.3 Å². The molecule has 1 aliphatic rings. The van der Waals surface area contributed by atoms with E-state index in [1.807, 2.05) is 0 Å². The molecular formula is C18H15F2N7O2. The molecule has 0 radical (unpaired) electrons. The minimum atomic E-state index is -2.99. The van der Waals surface area contributed by atoms with Crippen molar-refractivity contribution in [2.75, 3.05) is 10.6 Å². The van der Waals surface area contributed by atoms with Crippen LogP contribution in [0.15, 0.2) is 43.4 Å². The molecule has 148 valence electrons. The second-order valence-corrected chi connectivity index (χ2v) is 6.26. The lowest BCUT2D eigenvalue weighted by atomic mass is 10.2. The Labute approximate surface area is 163 Å². The first-order valence-electron chi connectivity index (χ1n) is 8.68. The monoisotopic (exact) mass is 399 g/mol. The summed E-state index contributed by atoms with van der Waals surface area (Å²) < 4.78 is 29.1. The summed E-state index contributed by atoms with van der Waals surface area (Å²) in [5.74, 6) is -0.243. The summed E-state index contributed by atoms with van der Waals surface area (Å²) in [6.45, 7) is -2.99. The predicted octanol–water partition coefficient (Wildman–Crippen LogP) is 3.14. The smallest absolute Gasteiger partial charge is 0.387 e. The molecule has 0 saturated heterocycles. The molecule has 11 heteroatoms. The number of amides is 1. The van der Waals surface area contributed by atoms with E-state index in [4.69, 9.17) is 0 Å². The fourth-order valence-electron chi connectivity index (χ4n) is 2.57. The Hall–Kier alpha value is -3.76. The van der Waals surface area contributed by atoms with E-state index in [1.54, 1.807) is 6.20 Å². The fourth-order valence-corrected chi connectivity index (χ4v) is 2.57. The highest BCUT2D eigenvalue weighted by Crippen LogP contribution is 2.39. The highest BCUT2D eigenvalue weighted by Gasteiger charge is 2.27. The first kappa shape index (κ1) is 18.6. The van der Waals surface area contributed by atoms with Gasteiger partial charge in [-0.3, -0.25) is 9.78 Å². The lowest BCUT2D eigenvalue weighted by Gasteiger charge is -2.12. The summed E-state index contributed by atoms with van der Waals surface area (Å²) in [4.78, 5) is 33.2. The summed E-state index contributed by atoms with van der Waals surface area (Å²) in [5.41, 5.74) is 1.49. The molecule has 0 atom stereocenters. The van der Waals surface area contributed by atoms with Gasteiger partial charge in [0.05, 0.1) is 48.1 Å². The number of nitrogens with one attached hydrogen (secondary N) is 2. The van der Waals surface area contributed by atoms with E-state index in [0.29, 0.717) is 5.69 Å². The summed E-state index contributed by atoms with van der Waals surface area (Å²) in [5, 5.41) is 5.55. The van der Waals surface area contributed by atoms with Crippen LogP contribution >= 0.6 is 0 Å². The zero-order valence-electron chi connectivity index (χ0n) is 14.9. The predicted molar refractivity (Wildman–Crippen MR) is 98.1 cm³/mol. The third-order valence-corrected chi connectivity index (χ3v) is 4.02. The maximum Gasteiger partial charge on any atom is 0.387 e. The van der Waals surface area contributed by atoms with Crippen LogP contribution in [0.2, 0.25) is 0 Å². The van der Waals surface area contributed by atoms with Gasteiger partial charge in [-0.1, -0.05) is 0 Å². The number of rotatable bonds is 7. The van der Waals surface area contributed by atoms with E-state index in [1.165, 1.54) is 31.0 Å². The number of aromatic nitrogens is 5. The Bertz CT molecular complexity index is 1020. The van der Waals surface area contributed by atoms with E-state index in [9.17, 15) is 13.6 Å². The minimum Gasteiger partial charge on any atom is -0.433 e. The molecular weight excluding hydrogens is 384 g/mol. The second kappa shape index (κ2) is 8.09. The summed E-state index contributed by atoms with van der Waals surface area (Å²) >= 11 is 0. The van der Waals surface area contributed by atoms with Crippen LogP contribution in [0.3, 0.4) is 0 Å². The van der Waals surface area contributed by atoms with Crippen LogP contribution in [0.25, 0.3) is 0 Å². The zero-order valence-corrected chi connectivity index (χ0v) is 14.9. The summed E-state index contributed by atoms with van der Waals surface area (Å²) in [7, 11) is 0. The Kier molecular flexibility index (Phi) is 5.18. The van der Waals surface area contributed by atoms with Crippen LogP contribution in [0.1, 0.15) is 34.9 Å². The minimum absolute atomic E-state index is 0.0541. The van der Waals surface area contributed by atoms with Crippen LogP contribution in [-0.2, 0) is 0 Å². The molecule has 3 aromatic rings. The van der Waals surface area contributed by atoms with Gasteiger partial charge >= 0.3 is 6.61 Å². The summed E-state index contributed by atoms with van der Waals surface area (Å²) in [6, 6.07) is 1.24. The first-order valence-corrected chi connectivity index (χ1v) is 8.68. The van der Waals surface area contributed by atoms with E-state index >= 15 is 0 Å². The van der Waals surface area contributed by atoms with Gasteiger partial charge in [0.2, 0.25) is 0 Å². The number of carbonyl (C=O) groups is 1. The number of pyridine rings is 1. The molecule has 2 N–H and O–H groups in total. The van der Waals surface area contributed by atoms with Gasteiger partial charge in [0.25, 0.3) is 5.91 Å². The van der Waals surface area contributed by atoms with Gasteiger partial charge in [-0.15, -0.1) is 0 Å². The van der Waals surface area contributed by atoms with E-state index < -0.39 is 12.5 Å². The number of alkyl halides is 2. The molecule has 1 saturated carbocycles. The highest BCUT2D eigenvalue weighted by molar-refractivity contribution is 6.06. The molecule has 1 aliphatic carbocycles. The number of hydrogen-bond acceptors (Lipinski definition) is 8. The number of halogens is 2.